The smallest absolute Gasteiger partial charge is 0.338 e. The molecular weight excluding hydrogens is 409 g/mol. The van der Waals surface area contributed by atoms with Gasteiger partial charge in [0.1, 0.15) is 13.2 Å². The fourth-order valence-electron chi connectivity index (χ4n) is 2.30. The molecule has 0 saturated heterocycles. The summed E-state index contributed by atoms with van der Waals surface area (Å²) < 4.78 is 10.7. The van der Waals surface area contributed by atoms with E-state index in [1.807, 2.05) is 24.3 Å². The van der Waals surface area contributed by atoms with Crippen molar-refractivity contribution in [2.24, 2.45) is 0 Å². The molecule has 0 aromatic heterocycles. The van der Waals surface area contributed by atoms with Crippen LogP contribution in [0.2, 0.25) is 0 Å². The molecule has 0 atom stereocenters. The summed E-state index contributed by atoms with van der Waals surface area (Å²) in [6, 6.07) is 12.6. The Bertz CT molecular complexity index is 854. The zero-order valence-electron chi connectivity index (χ0n) is 11.8. The molecule has 0 aliphatic carbocycles. The molecule has 0 spiro atoms. The molecule has 6 heteroatoms. The van der Waals surface area contributed by atoms with Gasteiger partial charge in [-0.3, -0.25) is 0 Å². The van der Waals surface area contributed by atoms with Gasteiger partial charge in [0.05, 0.1) is 22.8 Å². The van der Waals surface area contributed by atoms with E-state index >= 15 is 0 Å². The highest BCUT2D eigenvalue weighted by atomic mass is 127. The number of hydrogen-bond donors (Lipinski definition) is 0. The first kappa shape index (κ1) is 15.5. The zero-order valence-corrected chi connectivity index (χ0v) is 14.0. The molecule has 0 fully saturated rings. The zero-order chi connectivity index (χ0) is 16.4. The van der Waals surface area contributed by atoms with Gasteiger partial charge in [-0.25, -0.2) is 9.59 Å². The lowest BCUT2D eigenvalue weighted by Gasteiger charge is -1.92. The van der Waals surface area contributed by atoms with E-state index in [1.165, 1.54) is 0 Å². The van der Waals surface area contributed by atoms with E-state index in [4.69, 9.17) is 14.7 Å². The molecule has 0 saturated carbocycles. The van der Waals surface area contributed by atoms with Gasteiger partial charge in [-0.1, -0.05) is 0 Å². The summed E-state index contributed by atoms with van der Waals surface area (Å²) in [6.07, 6.45) is 0. The third-order valence-electron chi connectivity index (χ3n) is 3.46. The molecule has 2 heterocycles. The minimum atomic E-state index is -0.297. The van der Waals surface area contributed by atoms with Crippen molar-refractivity contribution in [3.63, 3.8) is 0 Å². The van der Waals surface area contributed by atoms with Crippen molar-refractivity contribution in [2.45, 2.75) is 13.2 Å². The molecule has 4 rings (SSSR count). The van der Waals surface area contributed by atoms with Crippen LogP contribution in [0.4, 0.5) is 0 Å². The number of esters is 2. The molecule has 0 amide bonds. The van der Waals surface area contributed by atoms with Crippen molar-refractivity contribution in [3.05, 3.63) is 67.8 Å². The van der Waals surface area contributed by atoms with Gasteiger partial charge >= 0.3 is 11.9 Å². The van der Waals surface area contributed by atoms with Crippen LogP contribution in [0.25, 0.3) is 0 Å². The third kappa shape index (κ3) is 3.19. The van der Waals surface area contributed by atoms with Gasteiger partial charge in [0.25, 0.3) is 0 Å². The molecule has 0 bridgehead atoms. The summed E-state index contributed by atoms with van der Waals surface area (Å²) in [5.41, 5.74) is 3.66. The first-order valence-electron chi connectivity index (χ1n) is 6.74. The second-order valence-electron chi connectivity index (χ2n) is 4.94. The van der Waals surface area contributed by atoms with Crippen LogP contribution in [0, 0.1) is 14.9 Å². The lowest BCUT2D eigenvalue weighted by molar-refractivity contribution is 0.0526. The predicted octanol–water partition coefficient (Wildman–Crippen LogP) is 3.19. The fourth-order valence-corrected chi connectivity index (χ4v) is 2.86. The summed E-state index contributed by atoms with van der Waals surface area (Å²) in [5, 5.41) is 8.56. The number of carbonyl (C=O) groups is 2. The molecule has 2 aromatic carbocycles. The lowest BCUT2D eigenvalue weighted by Crippen LogP contribution is -1.92. The minimum absolute atomic E-state index is 0.198. The average Bonchev–Trinajstić information content (AvgIpc) is 3.11. The van der Waals surface area contributed by atoms with E-state index in [1.54, 1.807) is 18.2 Å². The van der Waals surface area contributed by atoms with Crippen molar-refractivity contribution >= 4 is 34.5 Å². The number of benzene rings is 2. The number of halogens is 1. The van der Waals surface area contributed by atoms with E-state index in [2.05, 4.69) is 22.6 Å². The quantitative estimate of drug-likeness (QED) is 0.485. The van der Waals surface area contributed by atoms with Gasteiger partial charge in [-0.15, -0.1) is 0 Å². The Morgan fingerprint density at radius 1 is 0.913 bits per heavy atom. The molecular formula is C17H10INO4. The largest absolute Gasteiger partial charge is 0.457 e. The molecule has 2 aliphatic heterocycles. The molecule has 2 aliphatic rings. The summed E-state index contributed by atoms with van der Waals surface area (Å²) in [7, 11) is 0. The number of carbonyl (C=O) groups excluding carboxylic acids is 2. The molecule has 114 valence electrons. The van der Waals surface area contributed by atoms with Crippen LogP contribution in [0.3, 0.4) is 0 Å². The number of hydrogen-bond acceptors (Lipinski definition) is 5. The predicted molar refractivity (Wildman–Crippen MR) is 88.6 cm³/mol. The maximum absolute atomic E-state index is 11.0. The maximum Gasteiger partial charge on any atom is 0.338 e. The topological polar surface area (TPSA) is 76.4 Å². The Hall–Kier alpha value is -2.40. The SMILES string of the molecule is N#Cc1ccc2c(c1)COC2=O.O=C1OCc2cc(I)ccc21. The lowest BCUT2D eigenvalue weighted by atomic mass is 10.1. The van der Waals surface area contributed by atoms with Gasteiger partial charge in [-0.05, 0) is 59.0 Å². The van der Waals surface area contributed by atoms with Crippen LogP contribution in [0.15, 0.2) is 36.4 Å². The number of rotatable bonds is 0. The summed E-state index contributed by atoms with van der Waals surface area (Å²) in [5.74, 6) is -0.495. The van der Waals surface area contributed by atoms with Gasteiger partial charge < -0.3 is 9.47 Å². The van der Waals surface area contributed by atoms with Crippen LogP contribution in [0.5, 0.6) is 0 Å². The van der Waals surface area contributed by atoms with Crippen LogP contribution in [-0.4, -0.2) is 11.9 Å². The Morgan fingerprint density at radius 3 is 2.09 bits per heavy atom. The Kier molecular flexibility index (Phi) is 4.30. The number of ether oxygens (including phenoxy) is 2. The second kappa shape index (κ2) is 6.38. The van der Waals surface area contributed by atoms with Crippen LogP contribution >= 0.6 is 22.6 Å². The van der Waals surface area contributed by atoms with Crippen molar-refractivity contribution in [2.75, 3.05) is 0 Å². The average molecular weight is 419 g/mol. The minimum Gasteiger partial charge on any atom is -0.457 e. The van der Waals surface area contributed by atoms with Crippen molar-refractivity contribution in [1.29, 1.82) is 5.26 Å². The fraction of sp³-hybridized carbons (Fsp3) is 0.118. The molecule has 0 N–H and O–H groups in total. The highest BCUT2D eigenvalue weighted by molar-refractivity contribution is 14.1. The van der Waals surface area contributed by atoms with E-state index in [-0.39, 0.29) is 11.9 Å². The number of nitriles is 1. The highest BCUT2D eigenvalue weighted by Gasteiger charge is 2.21. The number of fused-ring (bicyclic) bond motifs is 2. The Labute approximate surface area is 146 Å². The molecule has 0 unspecified atom stereocenters. The summed E-state index contributed by atoms with van der Waals surface area (Å²) in [4.78, 5) is 21.9. The van der Waals surface area contributed by atoms with E-state index < -0.39 is 0 Å². The first-order chi connectivity index (χ1) is 11.1. The van der Waals surface area contributed by atoms with Gasteiger partial charge in [0.2, 0.25) is 0 Å². The maximum atomic E-state index is 11.0. The number of cyclic esters (lactones) is 2. The van der Waals surface area contributed by atoms with Gasteiger partial charge in [0, 0.05) is 14.7 Å². The van der Waals surface area contributed by atoms with Crippen LogP contribution in [0.1, 0.15) is 37.4 Å². The van der Waals surface area contributed by atoms with Crippen LogP contribution in [-0.2, 0) is 22.7 Å². The highest BCUT2D eigenvalue weighted by Crippen LogP contribution is 2.21. The van der Waals surface area contributed by atoms with Crippen LogP contribution < -0.4 is 0 Å². The standard InChI is InChI=1S/C9H5NO2.C8H5IO2/c10-4-6-1-2-8-7(3-6)5-12-9(8)11;9-6-1-2-7-5(3-6)4-11-8(7)10/h1-3H,5H2;1-3H,4H2. The third-order valence-corrected chi connectivity index (χ3v) is 4.13. The van der Waals surface area contributed by atoms with Gasteiger partial charge in [-0.2, -0.15) is 5.26 Å². The van der Waals surface area contributed by atoms with E-state index in [0.717, 1.165) is 14.7 Å². The first-order valence-corrected chi connectivity index (χ1v) is 7.82. The summed E-state index contributed by atoms with van der Waals surface area (Å²) in [6.45, 7) is 0.731. The normalized spacial score (nSPS) is 13.9. The van der Waals surface area contributed by atoms with Crippen molar-refractivity contribution < 1.29 is 19.1 Å². The Balaban J connectivity index is 0.000000136. The van der Waals surface area contributed by atoms with Crippen molar-refractivity contribution in [1.82, 2.24) is 0 Å². The van der Waals surface area contributed by atoms with E-state index in [9.17, 15) is 9.59 Å². The van der Waals surface area contributed by atoms with Gasteiger partial charge in [0.15, 0.2) is 0 Å². The second-order valence-corrected chi connectivity index (χ2v) is 6.18. The summed E-state index contributed by atoms with van der Waals surface area (Å²) >= 11 is 2.21. The van der Waals surface area contributed by atoms with Crippen molar-refractivity contribution in [3.8, 4) is 6.07 Å². The molecule has 23 heavy (non-hydrogen) atoms. The monoisotopic (exact) mass is 419 g/mol. The van der Waals surface area contributed by atoms with E-state index in [0.29, 0.717) is 29.9 Å². The molecule has 2 aromatic rings. The number of nitrogens with zero attached hydrogens (tertiary/aromatic N) is 1. The molecule has 5 nitrogen and oxygen atoms in total. The molecule has 0 radical (unpaired) electrons. The Morgan fingerprint density at radius 2 is 1.48 bits per heavy atom.